The fraction of sp³-hybridized carbons (Fsp3) is 0.500. The summed E-state index contributed by atoms with van der Waals surface area (Å²) >= 11 is 1.52. The van der Waals surface area contributed by atoms with E-state index in [1.54, 1.807) is 18.6 Å². The molecule has 0 radical (unpaired) electrons. The predicted octanol–water partition coefficient (Wildman–Crippen LogP) is 1.63. The second kappa shape index (κ2) is 8.03. The Morgan fingerprint density at radius 1 is 1.10 bits per heavy atom. The lowest BCUT2D eigenvalue weighted by atomic mass is 9.93. The Balaban J connectivity index is 1.49. The van der Waals surface area contributed by atoms with Crippen LogP contribution < -0.4 is 10.6 Å². The molecule has 158 valence electrons. The van der Waals surface area contributed by atoms with Crippen LogP contribution in [0.5, 0.6) is 0 Å². The van der Waals surface area contributed by atoms with E-state index in [1.165, 1.54) is 17.8 Å². The third-order valence-corrected chi connectivity index (χ3v) is 7.08. The van der Waals surface area contributed by atoms with Crippen molar-refractivity contribution in [1.29, 1.82) is 0 Å². The van der Waals surface area contributed by atoms with Gasteiger partial charge in [-0.25, -0.2) is 9.97 Å². The molecule has 2 aliphatic rings. The van der Waals surface area contributed by atoms with Crippen molar-refractivity contribution in [2.45, 2.75) is 50.0 Å². The van der Waals surface area contributed by atoms with Crippen LogP contribution >= 0.6 is 11.3 Å². The number of nitrogens with one attached hydrogen (secondary N) is 2. The standard InChI is InChI=1S/C20H24N6O3S/c27-9-10-6-13(17(29)16(10)28)24-18-12(7-22-20(26-18)23-11-2-1-3-11)19-25-14-8-21-5-4-15(14)30-19/h4-5,7-8,10-11,13,16-17,27-29H,1-3,6,9H2,(H2,22,23,24,26)/t10-,13-,16-,17+/m1/s1. The van der Waals surface area contributed by atoms with Crippen molar-refractivity contribution in [3.63, 3.8) is 0 Å². The second-order valence-corrected chi connectivity index (χ2v) is 9.03. The maximum absolute atomic E-state index is 10.5. The number of anilines is 2. The minimum absolute atomic E-state index is 0.174. The number of rotatable bonds is 6. The highest BCUT2D eigenvalue weighted by molar-refractivity contribution is 7.21. The summed E-state index contributed by atoms with van der Waals surface area (Å²) in [5.74, 6) is 0.707. The average molecular weight is 429 g/mol. The summed E-state index contributed by atoms with van der Waals surface area (Å²) < 4.78 is 1.01. The molecule has 0 amide bonds. The van der Waals surface area contributed by atoms with Crippen molar-refractivity contribution in [2.24, 2.45) is 5.92 Å². The molecule has 10 heteroatoms. The number of thiazole rings is 1. The Morgan fingerprint density at radius 2 is 1.97 bits per heavy atom. The van der Waals surface area contributed by atoms with Gasteiger partial charge in [0.25, 0.3) is 0 Å². The minimum Gasteiger partial charge on any atom is -0.396 e. The molecule has 3 aromatic rings. The van der Waals surface area contributed by atoms with Crippen molar-refractivity contribution in [1.82, 2.24) is 19.9 Å². The molecule has 9 nitrogen and oxygen atoms in total. The molecular weight excluding hydrogens is 404 g/mol. The van der Waals surface area contributed by atoms with Gasteiger partial charge in [-0.2, -0.15) is 4.98 Å². The summed E-state index contributed by atoms with van der Waals surface area (Å²) in [5.41, 5.74) is 1.53. The van der Waals surface area contributed by atoms with Gasteiger partial charge >= 0.3 is 0 Å². The number of hydrogen-bond acceptors (Lipinski definition) is 10. The number of aliphatic hydroxyl groups excluding tert-OH is 3. The third kappa shape index (κ3) is 3.60. The minimum atomic E-state index is -0.993. The zero-order valence-corrected chi connectivity index (χ0v) is 17.1. The van der Waals surface area contributed by atoms with Crippen molar-refractivity contribution in [3.05, 3.63) is 24.7 Å². The highest BCUT2D eigenvalue weighted by atomic mass is 32.1. The number of nitrogens with zero attached hydrogens (tertiary/aromatic N) is 4. The molecule has 2 aliphatic carbocycles. The number of fused-ring (bicyclic) bond motifs is 1. The van der Waals surface area contributed by atoms with E-state index in [0.717, 1.165) is 33.6 Å². The average Bonchev–Trinajstić information content (AvgIpc) is 3.27. The van der Waals surface area contributed by atoms with E-state index in [1.807, 2.05) is 6.07 Å². The number of aliphatic hydroxyl groups is 3. The molecule has 0 bridgehead atoms. The van der Waals surface area contributed by atoms with Gasteiger partial charge < -0.3 is 26.0 Å². The zero-order chi connectivity index (χ0) is 20.7. The van der Waals surface area contributed by atoms with Crippen LogP contribution in [-0.4, -0.2) is 66.2 Å². The van der Waals surface area contributed by atoms with Crippen LogP contribution in [0.3, 0.4) is 0 Å². The normalized spacial score (nSPS) is 26.6. The smallest absolute Gasteiger partial charge is 0.224 e. The molecule has 5 rings (SSSR count). The van der Waals surface area contributed by atoms with Crippen molar-refractivity contribution in [3.8, 4) is 10.6 Å². The van der Waals surface area contributed by atoms with Crippen LogP contribution in [0.2, 0.25) is 0 Å². The molecule has 0 spiro atoms. The van der Waals surface area contributed by atoms with E-state index in [0.29, 0.717) is 24.2 Å². The lowest BCUT2D eigenvalue weighted by Gasteiger charge is -2.27. The van der Waals surface area contributed by atoms with Gasteiger partial charge in [0.15, 0.2) is 0 Å². The number of pyridine rings is 1. The first-order valence-electron chi connectivity index (χ1n) is 10.2. The third-order valence-electron chi connectivity index (χ3n) is 6.01. The lowest BCUT2D eigenvalue weighted by molar-refractivity contribution is 0.00446. The van der Waals surface area contributed by atoms with E-state index >= 15 is 0 Å². The molecule has 2 saturated carbocycles. The van der Waals surface area contributed by atoms with Gasteiger partial charge in [0.2, 0.25) is 5.95 Å². The van der Waals surface area contributed by atoms with Gasteiger partial charge in [0.1, 0.15) is 22.4 Å². The molecule has 30 heavy (non-hydrogen) atoms. The molecule has 5 N–H and O–H groups in total. The van der Waals surface area contributed by atoms with E-state index in [9.17, 15) is 15.3 Å². The summed E-state index contributed by atoms with van der Waals surface area (Å²) in [5, 5.41) is 37.5. The van der Waals surface area contributed by atoms with E-state index < -0.39 is 18.2 Å². The molecular formula is C20H24N6O3S. The van der Waals surface area contributed by atoms with Crippen LogP contribution in [0.1, 0.15) is 25.7 Å². The Bertz CT molecular complexity index is 1010. The van der Waals surface area contributed by atoms with E-state index in [4.69, 9.17) is 0 Å². The summed E-state index contributed by atoms with van der Waals surface area (Å²) in [6.45, 7) is -0.174. The zero-order valence-electron chi connectivity index (χ0n) is 16.3. The van der Waals surface area contributed by atoms with E-state index in [-0.39, 0.29) is 12.5 Å². The Labute approximate surface area is 177 Å². The molecule has 4 atom stereocenters. The maximum Gasteiger partial charge on any atom is 0.224 e. The van der Waals surface area contributed by atoms with Gasteiger partial charge in [0.05, 0.1) is 28.6 Å². The van der Waals surface area contributed by atoms with Crippen LogP contribution in [0, 0.1) is 5.92 Å². The van der Waals surface area contributed by atoms with Crippen LogP contribution in [0.15, 0.2) is 24.7 Å². The first-order chi connectivity index (χ1) is 14.6. The van der Waals surface area contributed by atoms with Crippen molar-refractivity contribution >= 4 is 33.3 Å². The summed E-state index contributed by atoms with van der Waals surface area (Å²) in [6.07, 6.45) is 7.08. The molecule has 0 aliphatic heterocycles. The SMILES string of the molecule is OC[C@H]1C[C@@H](Nc2nc(NC3CCC3)ncc2-c2nc3cnccc3s2)[C@H](O)[C@@H]1O. The predicted molar refractivity (Wildman–Crippen MR) is 114 cm³/mol. The van der Waals surface area contributed by atoms with Crippen molar-refractivity contribution < 1.29 is 15.3 Å². The topological polar surface area (TPSA) is 136 Å². The molecule has 3 aromatic heterocycles. The molecule has 2 fully saturated rings. The highest BCUT2D eigenvalue weighted by Crippen LogP contribution is 2.36. The Hall–Kier alpha value is -2.40. The number of aromatic nitrogens is 4. The summed E-state index contributed by atoms with van der Waals surface area (Å²) in [6, 6.07) is 1.87. The first kappa shape index (κ1) is 19.6. The summed E-state index contributed by atoms with van der Waals surface area (Å²) in [7, 11) is 0. The van der Waals surface area contributed by atoms with Crippen LogP contribution in [0.25, 0.3) is 20.8 Å². The van der Waals surface area contributed by atoms with Gasteiger partial charge in [0, 0.05) is 31.0 Å². The lowest BCUT2D eigenvalue weighted by Crippen LogP contribution is -2.36. The molecule has 0 saturated heterocycles. The Morgan fingerprint density at radius 3 is 2.67 bits per heavy atom. The fourth-order valence-electron chi connectivity index (χ4n) is 3.97. The molecule has 3 heterocycles. The quantitative estimate of drug-likeness (QED) is 0.397. The monoisotopic (exact) mass is 428 g/mol. The van der Waals surface area contributed by atoms with Gasteiger partial charge in [-0.05, 0) is 31.7 Å². The Kier molecular flexibility index (Phi) is 5.23. The second-order valence-electron chi connectivity index (χ2n) is 8.00. The largest absolute Gasteiger partial charge is 0.396 e. The van der Waals surface area contributed by atoms with Gasteiger partial charge in [-0.15, -0.1) is 11.3 Å². The van der Waals surface area contributed by atoms with E-state index in [2.05, 4.69) is 30.6 Å². The maximum atomic E-state index is 10.5. The van der Waals surface area contributed by atoms with Crippen molar-refractivity contribution in [2.75, 3.05) is 17.2 Å². The molecule has 0 unspecified atom stereocenters. The summed E-state index contributed by atoms with van der Waals surface area (Å²) in [4.78, 5) is 18.0. The molecule has 0 aromatic carbocycles. The van der Waals surface area contributed by atoms with Crippen LogP contribution in [0.4, 0.5) is 11.8 Å². The highest BCUT2D eigenvalue weighted by Gasteiger charge is 2.41. The van der Waals surface area contributed by atoms with Gasteiger partial charge in [-0.1, -0.05) is 0 Å². The van der Waals surface area contributed by atoms with Gasteiger partial charge in [-0.3, -0.25) is 4.98 Å². The number of hydrogen-bond donors (Lipinski definition) is 5. The van der Waals surface area contributed by atoms with Crippen LogP contribution in [-0.2, 0) is 0 Å². The first-order valence-corrected chi connectivity index (χ1v) is 11.0. The fourth-order valence-corrected chi connectivity index (χ4v) is 4.92.